The molecule has 1 fully saturated rings. The smallest absolute Gasteiger partial charge is 0.0829 e. The van der Waals surface area contributed by atoms with Crippen molar-refractivity contribution in [1.82, 2.24) is 0 Å². The van der Waals surface area contributed by atoms with Gasteiger partial charge in [0.15, 0.2) is 0 Å². The first kappa shape index (κ1) is 10.7. The van der Waals surface area contributed by atoms with Crippen molar-refractivity contribution in [2.24, 2.45) is 5.92 Å². The summed E-state index contributed by atoms with van der Waals surface area (Å²) >= 11 is 6.88. The van der Waals surface area contributed by atoms with E-state index in [1.165, 1.54) is 6.42 Å². The maximum absolute atomic E-state index is 10.1. The first-order valence-electron chi connectivity index (χ1n) is 4.81. The van der Waals surface area contributed by atoms with Crippen LogP contribution in [-0.4, -0.2) is 5.11 Å². The van der Waals surface area contributed by atoms with Crippen molar-refractivity contribution < 1.29 is 5.11 Å². The highest BCUT2D eigenvalue weighted by Gasteiger charge is 2.27. The SMILES string of the molecule is OC(c1ccc(Br)cc1Br)C1CCC1. The minimum atomic E-state index is -0.300. The molecule has 1 aliphatic rings. The second kappa shape index (κ2) is 4.33. The van der Waals surface area contributed by atoms with Gasteiger partial charge in [0.05, 0.1) is 6.10 Å². The van der Waals surface area contributed by atoms with Gasteiger partial charge in [-0.3, -0.25) is 0 Å². The molecule has 1 atom stereocenters. The predicted octanol–water partition coefficient (Wildman–Crippen LogP) is 4.05. The van der Waals surface area contributed by atoms with Crippen LogP contribution in [-0.2, 0) is 0 Å². The van der Waals surface area contributed by atoms with E-state index in [9.17, 15) is 5.11 Å². The Hall–Kier alpha value is 0.140. The van der Waals surface area contributed by atoms with Crippen molar-refractivity contribution in [2.45, 2.75) is 25.4 Å². The van der Waals surface area contributed by atoms with Crippen molar-refractivity contribution in [3.63, 3.8) is 0 Å². The molecule has 1 nitrogen and oxygen atoms in total. The van der Waals surface area contributed by atoms with Crippen LogP contribution in [0.4, 0.5) is 0 Å². The largest absolute Gasteiger partial charge is 0.388 e. The van der Waals surface area contributed by atoms with Gasteiger partial charge in [0, 0.05) is 8.95 Å². The van der Waals surface area contributed by atoms with Gasteiger partial charge >= 0.3 is 0 Å². The summed E-state index contributed by atoms with van der Waals surface area (Å²) < 4.78 is 2.03. The molecule has 0 heterocycles. The van der Waals surface area contributed by atoms with Crippen LogP contribution in [0.1, 0.15) is 30.9 Å². The molecule has 0 radical (unpaired) electrons. The van der Waals surface area contributed by atoms with E-state index in [2.05, 4.69) is 31.9 Å². The average Bonchev–Trinajstić information content (AvgIpc) is 2.00. The van der Waals surface area contributed by atoms with Crippen LogP contribution in [0.2, 0.25) is 0 Å². The Bertz CT molecular complexity index is 334. The fourth-order valence-electron chi connectivity index (χ4n) is 1.75. The molecule has 0 aliphatic heterocycles. The molecular weight excluding hydrogens is 308 g/mol. The lowest BCUT2D eigenvalue weighted by Crippen LogP contribution is -2.20. The van der Waals surface area contributed by atoms with Crippen molar-refractivity contribution in [2.75, 3.05) is 0 Å². The molecule has 0 saturated heterocycles. The molecule has 1 aromatic rings. The zero-order chi connectivity index (χ0) is 10.1. The molecule has 0 spiro atoms. The standard InChI is InChI=1S/C11H12Br2O/c12-8-4-5-9(10(13)6-8)11(14)7-2-1-3-7/h4-7,11,14H,1-3H2. The minimum Gasteiger partial charge on any atom is -0.388 e. The van der Waals surface area contributed by atoms with Gasteiger partial charge in [-0.15, -0.1) is 0 Å². The minimum absolute atomic E-state index is 0.300. The van der Waals surface area contributed by atoms with Gasteiger partial charge in [-0.2, -0.15) is 0 Å². The van der Waals surface area contributed by atoms with Crippen molar-refractivity contribution in [1.29, 1.82) is 0 Å². The second-order valence-corrected chi connectivity index (χ2v) is 5.57. The maximum Gasteiger partial charge on any atom is 0.0829 e. The van der Waals surface area contributed by atoms with Gasteiger partial charge in [-0.25, -0.2) is 0 Å². The third-order valence-electron chi connectivity index (χ3n) is 2.88. The molecule has 1 aliphatic carbocycles. The van der Waals surface area contributed by atoms with Crippen molar-refractivity contribution >= 4 is 31.9 Å². The summed E-state index contributed by atoms with van der Waals surface area (Å²) in [5.74, 6) is 0.465. The number of hydrogen-bond acceptors (Lipinski definition) is 1. The third-order valence-corrected chi connectivity index (χ3v) is 4.06. The summed E-state index contributed by atoms with van der Waals surface area (Å²) in [7, 11) is 0. The fourth-order valence-corrected chi connectivity index (χ4v) is 3.03. The Labute approximate surface area is 101 Å². The molecule has 0 bridgehead atoms. The molecule has 3 heteroatoms. The van der Waals surface area contributed by atoms with Gasteiger partial charge in [0.1, 0.15) is 0 Å². The molecule has 1 aromatic carbocycles. The summed E-state index contributed by atoms with van der Waals surface area (Å²) in [5.41, 5.74) is 1.01. The van der Waals surface area contributed by atoms with Crippen LogP contribution in [0.5, 0.6) is 0 Å². The number of aliphatic hydroxyl groups is 1. The monoisotopic (exact) mass is 318 g/mol. The normalized spacial score (nSPS) is 19.1. The van der Waals surface area contributed by atoms with E-state index in [0.717, 1.165) is 27.4 Å². The van der Waals surface area contributed by atoms with E-state index in [1.54, 1.807) is 0 Å². The summed E-state index contributed by atoms with van der Waals surface area (Å²) in [6, 6.07) is 5.94. The van der Waals surface area contributed by atoms with Crippen molar-refractivity contribution in [3.05, 3.63) is 32.7 Å². The third kappa shape index (κ3) is 2.05. The van der Waals surface area contributed by atoms with E-state index in [-0.39, 0.29) is 6.10 Å². The maximum atomic E-state index is 10.1. The summed E-state index contributed by atoms with van der Waals surface area (Å²) in [5, 5.41) is 10.1. The summed E-state index contributed by atoms with van der Waals surface area (Å²) in [6.45, 7) is 0. The lowest BCUT2D eigenvalue weighted by Gasteiger charge is -2.31. The highest BCUT2D eigenvalue weighted by molar-refractivity contribution is 9.11. The van der Waals surface area contributed by atoms with E-state index < -0.39 is 0 Å². The van der Waals surface area contributed by atoms with Crippen LogP contribution in [0.25, 0.3) is 0 Å². The molecule has 1 unspecified atom stereocenters. The zero-order valence-corrected chi connectivity index (χ0v) is 10.9. The molecular formula is C11H12Br2O. The fraction of sp³-hybridized carbons (Fsp3) is 0.455. The number of benzene rings is 1. The highest BCUT2D eigenvalue weighted by Crippen LogP contribution is 2.40. The Morgan fingerprint density at radius 1 is 1.29 bits per heavy atom. The molecule has 14 heavy (non-hydrogen) atoms. The number of hydrogen-bond donors (Lipinski definition) is 1. The van der Waals surface area contributed by atoms with Gasteiger partial charge < -0.3 is 5.11 Å². The number of rotatable bonds is 2. The molecule has 2 rings (SSSR count). The molecule has 1 saturated carbocycles. The second-order valence-electron chi connectivity index (χ2n) is 3.80. The first-order chi connectivity index (χ1) is 6.68. The average molecular weight is 320 g/mol. The zero-order valence-electron chi connectivity index (χ0n) is 7.71. The van der Waals surface area contributed by atoms with Crippen LogP contribution >= 0.6 is 31.9 Å². The predicted molar refractivity (Wildman–Crippen MR) is 64.1 cm³/mol. The van der Waals surface area contributed by atoms with Crippen molar-refractivity contribution in [3.8, 4) is 0 Å². The van der Waals surface area contributed by atoms with Crippen LogP contribution in [0, 0.1) is 5.92 Å². The van der Waals surface area contributed by atoms with Gasteiger partial charge in [-0.1, -0.05) is 44.3 Å². The lowest BCUT2D eigenvalue weighted by atomic mass is 9.79. The Morgan fingerprint density at radius 2 is 2.00 bits per heavy atom. The Morgan fingerprint density at radius 3 is 2.50 bits per heavy atom. The van der Waals surface area contributed by atoms with E-state index in [1.807, 2.05) is 18.2 Å². The number of halogens is 2. The van der Waals surface area contributed by atoms with E-state index in [4.69, 9.17) is 0 Å². The Kier molecular flexibility index (Phi) is 3.30. The number of aliphatic hydroxyl groups excluding tert-OH is 1. The molecule has 76 valence electrons. The lowest BCUT2D eigenvalue weighted by molar-refractivity contribution is 0.0615. The Balaban J connectivity index is 2.22. The van der Waals surface area contributed by atoms with E-state index in [0.29, 0.717) is 5.92 Å². The van der Waals surface area contributed by atoms with Crippen LogP contribution < -0.4 is 0 Å². The van der Waals surface area contributed by atoms with Crippen LogP contribution in [0.3, 0.4) is 0 Å². The summed E-state index contributed by atoms with van der Waals surface area (Å²) in [6.07, 6.45) is 3.27. The first-order valence-corrected chi connectivity index (χ1v) is 6.40. The van der Waals surface area contributed by atoms with E-state index >= 15 is 0 Å². The molecule has 0 aromatic heterocycles. The van der Waals surface area contributed by atoms with Gasteiger partial charge in [-0.05, 0) is 36.5 Å². The summed E-state index contributed by atoms with van der Waals surface area (Å²) in [4.78, 5) is 0. The quantitative estimate of drug-likeness (QED) is 0.872. The topological polar surface area (TPSA) is 20.2 Å². The highest BCUT2D eigenvalue weighted by atomic mass is 79.9. The van der Waals surface area contributed by atoms with Crippen LogP contribution in [0.15, 0.2) is 27.1 Å². The van der Waals surface area contributed by atoms with Gasteiger partial charge in [0.25, 0.3) is 0 Å². The van der Waals surface area contributed by atoms with Gasteiger partial charge in [0.2, 0.25) is 0 Å². The molecule has 0 amide bonds. The molecule has 1 N–H and O–H groups in total.